The minimum atomic E-state index is -1.42. The van der Waals surface area contributed by atoms with Gasteiger partial charge in [0.25, 0.3) is 0 Å². The van der Waals surface area contributed by atoms with Gasteiger partial charge >= 0.3 is 0 Å². The topological polar surface area (TPSA) is 112 Å². The van der Waals surface area contributed by atoms with Gasteiger partial charge in [0.05, 0.1) is 12.0 Å². The number of carbonyl (C=O) groups is 3. The number of primary amides is 1. The summed E-state index contributed by atoms with van der Waals surface area (Å²) in [5.41, 5.74) is 4.81. The number of aliphatic carboxylic acids is 1. The third-order valence-corrected chi connectivity index (χ3v) is 1.34. The van der Waals surface area contributed by atoms with Gasteiger partial charge in [-0.3, -0.25) is 9.59 Å². The first-order valence-electron chi connectivity index (χ1n) is 3.69. The zero-order chi connectivity index (χ0) is 10.4. The summed E-state index contributed by atoms with van der Waals surface area (Å²) in [4.78, 5) is 31.2. The summed E-state index contributed by atoms with van der Waals surface area (Å²) in [5, 5.41) is 12.5. The number of hydrogen-bond donors (Lipinski definition) is 2. The highest BCUT2D eigenvalue weighted by Gasteiger charge is 2.11. The van der Waals surface area contributed by atoms with Gasteiger partial charge < -0.3 is 21.0 Å². The normalized spacial score (nSPS) is 11.8. The molecule has 0 aliphatic rings. The van der Waals surface area contributed by atoms with Gasteiger partial charge in [0.1, 0.15) is 0 Å². The summed E-state index contributed by atoms with van der Waals surface area (Å²) < 4.78 is 0. The van der Waals surface area contributed by atoms with E-state index in [0.29, 0.717) is 0 Å². The maximum atomic E-state index is 10.5. The molecule has 6 heteroatoms. The number of carbonyl (C=O) groups excluding carboxylic acids is 3. The van der Waals surface area contributed by atoms with Crippen LogP contribution >= 0.6 is 0 Å². The Kier molecular flexibility index (Phi) is 4.50. The fourth-order valence-corrected chi connectivity index (χ4v) is 0.781. The predicted molar refractivity (Wildman–Crippen MR) is 41.0 cm³/mol. The van der Waals surface area contributed by atoms with E-state index in [2.05, 4.69) is 5.32 Å². The van der Waals surface area contributed by atoms with Crippen molar-refractivity contribution < 1.29 is 19.5 Å². The van der Waals surface area contributed by atoms with Crippen LogP contribution in [0.15, 0.2) is 0 Å². The number of rotatable bonds is 5. The molecule has 0 spiro atoms. The number of carboxylic acid groups (broad SMARTS) is 1. The average Bonchev–Trinajstić information content (AvgIpc) is 1.96. The molecule has 0 saturated heterocycles. The maximum Gasteiger partial charge on any atom is 0.217 e. The van der Waals surface area contributed by atoms with Crippen molar-refractivity contribution in [2.75, 3.05) is 0 Å². The van der Waals surface area contributed by atoms with Gasteiger partial charge in [0, 0.05) is 13.3 Å². The Bertz CT molecular complexity index is 227. The zero-order valence-corrected chi connectivity index (χ0v) is 7.20. The van der Waals surface area contributed by atoms with Crippen molar-refractivity contribution in [1.29, 1.82) is 0 Å². The fourth-order valence-electron chi connectivity index (χ4n) is 0.781. The molecule has 0 saturated carbocycles. The smallest absolute Gasteiger partial charge is 0.217 e. The Morgan fingerprint density at radius 1 is 1.46 bits per heavy atom. The van der Waals surface area contributed by atoms with E-state index in [0.717, 1.165) is 0 Å². The van der Waals surface area contributed by atoms with Crippen LogP contribution in [0.4, 0.5) is 0 Å². The molecule has 0 rings (SSSR count). The van der Waals surface area contributed by atoms with Gasteiger partial charge in [-0.25, -0.2) is 0 Å². The molecular formula is C7H11N2O4-. The van der Waals surface area contributed by atoms with E-state index in [1.807, 2.05) is 0 Å². The van der Waals surface area contributed by atoms with Crippen LogP contribution in [0.3, 0.4) is 0 Å². The Balaban J connectivity index is 4.02. The molecular weight excluding hydrogens is 176 g/mol. The molecule has 1 atom stereocenters. The van der Waals surface area contributed by atoms with Crippen molar-refractivity contribution in [3.05, 3.63) is 0 Å². The number of nitrogens with two attached hydrogens (primary N) is 1. The molecule has 6 nitrogen and oxygen atoms in total. The molecule has 0 aliphatic carbocycles. The summed E-state index contributed by atoms with van der Waals surface area (Å²) >= 11 is 0. The average molecular weight is 187 g/mol. The van der Waals surface area contributed by atoms with E-state index in [-0.39, 0.29) is 12.8 Å². The van der Waals surface area contributed by atoms with Crippen LogP contribution in [0.2, 0.25) is 0 Å². The summed E-state index contributed by atoms with van der Waals surface area (Å²) in [5.74, 6) is -2.52. The van der Waals surface area contributed by atoms with Crippen LogP contribution in [0.1, 0.15) is 19.8 Å². The van der Waals surface area contributed by atoms with Gasteiger partial charge in [0.15, 0.2) is 0 Å². The van der Waals surface area contributed by atoms with E-state index in [4.69, 9.17) is 5.73 Å². The summed E-state index contributed by atoms with van der Waals surface area (Å²) in [6.07, 6.45) is -0.143. The number of hydrogen-bond acceptors (Lipinski definition) is 4. The number of carboxylic acids is 1. The lowest BCUT2D eigenvalue weighted by Crippen LogP contribution is -2.47. The van der Waals surface area contributed by atoms with Gasteiger partial charge in [-0.2, -0.15) is 0 Å². The molecule has 13 heavy (non-hydrogen) atoms. The molecule has 0 fully saturated rings. The van der Waals surface area contributed by atoms with Gasteiger partial charge in [0.2, 0.25) is 11.8 Å². The summed E-state index contributed by atoms with van der Waals surface area (Å²) in [6, 6.07) is -1.15. The largest absolute Gasteiger partial charge is 0.548 e. The second-order valence-corrected chi connectivity index (χ2v) is 2.58. The maximum absolute atomic E-state index is 10.5. The van der Waals surface area contributed by atoms with E-state index < -0.39 is 23.8 Å². The molecule has 0 aromatic rings. The van der Waals surface area contributed by atoms with Crippen molar-refractivity contribution in [1.82, 2.24) is 5.32 Å². The van der Waals surface area contributed by atoms with Crippen molar-refractivity contribution in [2.45, 2.75) is 25.8 Å². The molecule has 0 unspecified atom stereocenters. The van der Waals surface area contributed by atoms with E-state index in [1.165, 1.54) is 6.92 Å². The highest BCUT2D eigenvalue weighted by atomic mass is 16.4. The molecule has 2 amide bonds. The Hall–Kier alpha value is -1.59. The Morgan fingerprint density at radius 3 is 2.31 bits per heavy atom. The van der Waals surface area contributed by atoms with E-state index in [9.17, 15) is 19.5 Å². The minimum absolute atomic E-state index is 0.0444. The van der Waals surface area contributed by atoms with Crippen molar-refractivity contribution >= 4 is 17.8 Å². The standard InChI is InChI=1S/C7H12N2O4/c1-4(10)9-5(7(12)13)2-3-6(8)11/h5H,2-3H2,1H3,(H2,8,11)(H,9,10)(H,12,13)/p-1/t5-/m0/s1. The zero-order valence-electron chi connectivity index (χ0n) is 7.20. The third-order valence-electron chi connectivity index (χ3n) is 1.34. The minimum Gasteiger partial charge on any atom is -0.548 e. The molecule has 0 radical (unpaired) electrons. The highest BCUT2D eigenvalue weighted by Crippen LogP contribution is 1.95. The van der Waals surface area contributed by atoms with Crippen LogP contribution < -0.4 is 16.2 Å². The quantitative estimate of drug-likeness (QED) is 0.495. The first kappa shape index (κ1) is 11.4. The highest BCUT2D eigenvalue weighted by molar-refractivity contribution is 5.82. The molecule has 3 N–H and O–H groups in total. The lowest BCUT2D eigenvalue weighted by molar-refractivity contribution is -0.308. The predicted octanol–water partition coefficient (Wildman–Crippen LogP) is -2.49. The molecule has 74 valence electrons. The Morgan fingerprint density at radius 2 is 2.00 bits per heavy atom. The molecule has 0 aliphatic heterocycles. The van der Waals surface area contributed by atoms with Gasteiger partial charge in [-0.15, -0.1) is 0 Å². The monoisotopic (exact) mass is 187 g/mol. The van der Waals surface area contributed by atoms with Crippen molar-refractivity contribution in [3.63, 3.8) is 0 Å². The molecule has 0 bridgehead atoms. The first-order chi connectivity index (χ1) is 5.93. The van der Waals surface area contributed by atoms with E-state index in [1.54, 1.807) is 0 Å². The summed E-state index contributed by atoms with van der Waals surface area (Å²) in [6.45, 7) is 1.18. The lowest BCUT2D eigenvalue weighted by atomic mass is 10.1. The van der Waals surface area contributed by atoms with Crippen LogP contribution in [0.25, 0.3) is 0 Å². The van der Waals surface area contributed by atoms with Crippen LogP contribution in [0.5, 0.6) is 0 Å². The van der Waals surface area contributed by atoms with Crippen LogP contribution in [0, 0.1) is 0 Å². The number of nitrogens with one attached hydrogen (secondary N) is 1. The van der Waals surface area contributed by atoms with Crippen molar-refractivity contribution in [3.8, 4) is 0 Å². The van der Waals surface area contributed by atoms with Crippen LogP contribution in [-0.4, -0.2) is 23.8 Å². The fraction of sp³-hybridized carbons (Fsp3) is 0.571. The number of amides is 2. The molecule has 0 aromatic heterocycles. The van der Waals surface area contributed by atoms with E-state index >= 15 is 0 Å². The molecule has 0 heterocycles. The summed E-state index contributed by atoms with van der Waals surface area (Å²) in [7, 11) is 0. The Labute approximate surface area is 75.1 Å². The third kappa shape index (κ3) is 5.66. The second-order valence-electron chi connectivity index (χ2n) is 2.58. The van der Waals surface area contributed by atoms with Gasteiger partial charge in [-0.05, 0) is 6.42 Å². The SMILES string of the molecule is CC(=O)N[C@@H](CCC(N)=O)C(=O)[O-]. The van der Waals surface area contributed by atoms with Crippen LogP contribution in [-0.2, 0) is 14.4 Å². The van der Waals surface area contributed by atoms with Gasteiger partial charge in [-0.1, -0.05) is 0 Å². The second kappa shape index (κ2) is 5.13. The first-order valence-corrected chi connectivity index (χ1v) is 3.69. The lowest BCUT2D eigenvalue weighted by Gasteiger charge is -2.17. The molecule has 0 aromatic carbocycles. The van der Waals surface area contributed by atoms with Crippen molar-refractivity contribution in [2.24, 2.45) is 5.73 Å².